The van der Waals surface area contributed by atoms with E-state index in [9.17, 15) is 13.2 Å². The zero-order valence-electron chi connectivity index (χ0n) is 22.6. The molecule has 9 heteroatoms. The Bertz CT molecular complexity index is 1390. The summed E-state index contributed by atoms with van der Waals surface area (Å²) in [5, 5.41) is 3.85. The van der Waals surface area contributed by atoms with Crippen LogP contribution >= 0.6 is 0 Å². The number of nitrogens with zero attached hydrogens (tertiary/aromatic N) is 4. The average molecular weight is 537 g/mol. The van der Waals surface area contributed by atoms with Crippen molar-refractivity contribution in [1.82, 2.24) is 14.4 Å². The van der Waals surface area contributed by atoms with E-state index >= 15 is 0 Å². The van der Waals surface area contributed by atoms with Crippen molar-refractivity contribution in [1.29, 1.82) is 0 Å². The molecule has 0 N–H and O–H groups in total. The molecule has 0 aliphatic carbocycles. The predicted octanol–water partition coefficient (Wildman–Crippen LogP) is 4.05. The van der Waals surface area contributed by atoms with Crippen LogP contribution < -0.4 is 4.90 Å². The Morgan fingerprint density at radius 2 is 1.66 bits per heavy atom. The number of aryl methyl sites for hydroxylation is 4. The van der Waals surface area contributed by atoms with Crippen LogP contribution in [0.25, 0.3) is 0 Å². The van der Waals surface area contributed by atoms with Gasteiger partial charge in [0.2, 0.25) is 15.9 Å². The lowest BCUT2D eigenvalue weighted by molar-refractivity contribution is -0.137. The number of hydrogen-bond acceptors (Lipinski definition) is 6. The normalized spacial score (nSPS) is 21.1. The van der Waals surface area contributed by atoms with E-state index in [1.165, 1.54) is 21.1 Å². The fourth-order valence-electron chi connectivity index (χ4n) is 5.92. The van der Waals surface area contributed by atoms with Gasteiger partial charge in [-0.25, -0.2) is 8.42 Å². The van der Waals surface area contributed by atoms with Crippen molar-refractivity contribution in [2.45, 2.75) is 44.9 Å². The summed E-state index contributed by atoms with van der Waals surface area (Å²) in [6.45, 7) is 10.7. The minimum atomic E-state index is -3.84. The van der Waals surface area contributed by atoms with Gasteiger partial charge in [0.05, 0.1) is 5.92 Å². The number of hydrogen-bond donors (Lipinski definition) is 0. The average Bonchev–Trinajstić information content (AvgIpc) is 3.28. The number of piperazine rings is 1. The van der Waals surface area contributed by atoms with Crippen molar-refractivity contribution in [3.05, 3.63) is 76.7 Å². The second kappa shape index (κ2) is 10.5. The smallest absolute Gasteiger partial charge is 0.248 e. The van der Waals surface area contributed by atoms with Gasteiger partial charge < -0.3 is 14.3 Å². The van der Waals surface area contributed by atoms with Crippen LogP contribution in [-0.4, -0.2) is 68.0 Å². The van der Waals surface area contributed by atoms with E-state index in [1.54, 1.807) is 13.8 Å². The zero-order valence-corrected chi connectivity index (χ0v) is 23.4. The van der Waals surface area contributed by atoms with Crippen molar-refractivity contribution < 1.29 is 17.7 Å². The Kier molecular flexibility index (Phi) is 7.33. The van der Waals surface area contributed by atoms with Crippen molar-refractivity contribution >= 4 is 21.6 Å². The van der Waals surface area contributed by atoms with Crippen molar-refractivity contribution in [3.8, 4) is 0 Å². The highest BCUT2D eigenvalue weighted by Crippen LogP contribution is 2.37. The van der Waals surface area contributed by atoms with Gasteiger partial charge in [-0.1, -0.05) is 47.6 Å². The highest BCUT2D eigenvalue weighted by Gasteiger charge is 2.43. The number of benzene rings is 2. The molecule has 2 fully saturated rings. The molecule has 2 saturated heterocycles. The fraction of sp³-hybridized carbons (Fsp3) is 0.448. The van der Waals surface area contributed by atoms with Gasteiger partial charge in [0.25, 0.3) is 0 Å². The Morgan fingerprint density at radius 1 is 0.947 bits per heavy atom. The van der Waals surface area contributed by atoms with Crippen LogP contribution in [0.1, 0.15) is 40.5 Å². The summed E-state index contributed by atoms with van der Waals surface area (Å²) in [6, 6.07) is 16.5. The number of amides is 1. The lowest BCUT2D eigenvalue weighted by atomic mass is 9.80. The molecule has 2 atom stereocenters. The molecule has 38 heavy (non-hydrogen) atoms. The maximum atomic E-state index is 14.0. The molecule has 3 aromatic rings. The van der Waals surface area contributed by atoms with Gasteiger partial charge in [0.1, 0.15) is 10.6 Å². The number of sulfonamides is 1. The third kappa shape index (κ3) is 4.97. The summed E-state index contributed by atoms with van der Waals surface area (Å²) in [6.07, 6.45) is 0.575. The number of anilines is 1. The minimum Gasteiger partial charge on any atom is -0.368 e. The van der Waals surface area contributed by atoms with Gasteiger partial charge in [0.15, 0.2) is 5.76 Å². The molecule has 2 aliphatic heterocycles. The number of piperidine rings is 1. The number of rotatable bonds is 5. The molecule has 8 nitrogen and oxygen atoms in total. The minimum absolute atomic E-state index is 0.0260. The molecular formula is C29H36N4O4S. The number of aromatic nitrogens is 1. The van der Waals surface area contributed by atoms with E-state index in [1.807, 2.05) is 35.2 Å². The largest absolute Gasteiger partial charge is 0.368 e. The topological polar surface area (TPSA) is 87.0 Å². The van der Waals surface area contributed by atoms with Gasteiger partial charge in [0, 0.05) is 45.0 Å². The van der Waals surface area contributed by atoms with Crippen molar-refractivity contribution in [2.24, 2.45) is 5.92 Å². The molecule has 0 spiro atoms. The molecule has 0 unspecified atom stereocenters. The number of carbonyl (C=O) groups is 1. The molecule has 3 heterocycles. The molecule has 2 aliphatic rings. The Hall–Kier alpha value is -3.17. The van der Waals surface area contributed by atoms with E-state index in [2.05, 4.69) is 42.1 Å². The zero-order chi connectivity index (χ0) is 27.0. The molecular weight excluding hydrogens is 500 g/mol. The van der Waals surface area contributed by atoms with Crippen molar-refractivity contribution in [3.63, 3.8) is 0 Å². The van der Waals surface area contributed by atoms with Crippen LogP contribution in [0.15, 0.2) is 57.9 Å². The fourth-order valence-corrected chi connectivity index (χ4v) is 7.70. The van der Waals surface area contributed by atoms with Crippen LogP contribution in [0.2, 0.25) is 0 Å². The van der Waals surface area contributed by atoms with Crippen LogP contribution in [0.4, 0.5) is 5.69 Å². The molecule has 202 valence electrons. The van der Waals surface area contributed by atoms with Gasteiger partial charge in [-0.3, -0.25) is 4.79 Å². The lowest BCUT2D eigenvalue weighted by Gasteiger charge is -2.42. The first-order chi connectivity index (χ1) is 18.2. The molecule has 1 aromatic heterocycles. The summed E-state index contributed by atoms with van der Waals surface area (Å²) in [5.74, 6) is -0.207. The predicted molar refractivity (Wildman–Crippen MR) is 147 cm³/mol. The van der Waals surface area contributed by atoms with Crippen LogP contribution in [0, 0.1) is 33.6 Å². The third-order valence-electron chi connectivity index (χ3n) is 7.98. The summed E-state index contributed by atoms with van der Waals surface area (Å²) in [5.41, 5.74) is 5.09. The highest BCUT2D eigenvalue weighted by atomic mass is 32.2. The Balaban J connectivity index is 1.38. The summed E-state index contributed by atoms with van der Waals surface area (Å²) >= 11 is 0. The van der Waals surface area contributed by atoms with E-state index in [0.29, 0.717) is 31.7 Å². The molecule has 0 bridgehead atoms. The Morgan fingerprint density at radius 3 is 2.32 bits per heavy atom. The van der Waals surface area contributed by atoms with Gasteiger partial charge in [-0.15, -0.1) is 0 Å². The van der Waals surface area contributed by atoms with Crippen molar-refractivity contribution in [2.75, 3.05) is 44.2 Å². The van der Waals surface area contributed by atoms with Crippen LogP contribution in [-0.2, 0) is 14.8 Å². The highest BCUT2D eigenvalue weighted by molar-refractivity contribution is 7.89. The first-order valence-corrected chi connectivity index (χ1v) is 14.7. The third-order valence-corrected chi connectivity index (χ3v) is 10.1. The summed E-state index contributed by atoms with van der Waals surface area (Å²) in [4.78, 5) is 18.4. The van der Waals surface area contributed by atoms with E-state index in [4.69, 9.17) is 4.52 Å². The van der Waals surface area contributed by atoms with Gasteiger partial charge in [-0.05, 0) is 62.8 Å². The molecule has 0 radical (unpaired) electrons. The second-order valence-electron chi connectivity index (χ2n) is 10.5. The van der Waals surface area contributed by atoms with E-state index in [-0.39, 0.29) is 29.0 Å². The molecule has 0 saturated carbocycles. The maximum absolute atomic E-state index is 14.0. The maximum Gasteiger partial charge on any atom is 0.248 e. The first kappa shape index (κ1) is 26.4. The standard InChI is InChI=1S/C29H36N4O4S/c1-20-10-11-21(2)27(18-20)31-14-16-32(17-15-31)29(34)26-19-33(13-12-25(26)24-8-6-5-7-9-24)38(35,36)28-22(3)30-37-23(28)4/h5-11,18,25-26H,12-17,19H2,1-4H3/t25-,26+/m1/s1. The monoisotopic (exact) mass is 536 g/mol. The second-order valence-corrected chi connectivity index (χ2v) is 12.4. The van der Waals surface area contributed by atoms with Gasteiger partial charge >= 0.3 is 0 Å². The van der Waals surface area contributed by atoms with E-state index < -0.39 is 15.9 Å². The molecule has 5 rings (SSSR count). The number of carbonyl (C=O) groups excluding carboxylic acids is 1. The molecule has 2 aromatic carbocycles. The summed E-state index contributed by atoms with van der Waals surface area (Å²) < 4.78 is 33.9. The van der Waals surface area contributed by atoms with Crippen LogP contribution in [0.5, 0.6) is 0 Å². The van der Waals surface area contributed by atoms with Gasteiger partial charge in [-0.2, -0.15) is 4.31 Å². The lowest BCUT2D eigenvalue weighted by Crippen LogP contribution is -2.54. The van der Waals surface area contributed by atoms with Crippen LogP contribution in [0.3, 0.4) is 0 Å². The SMILES string of the molecule is Cc1ccc(C)c(N2CCN(C(=O)[C@H]3CN(S(=O)(=O)c4c(C)noc4C)CC[C@@H]3c3ccccc3)CC2)c1. The summed E-state index contributed by atoms with van der Waals surface area (Å²) in [7, 11) is -3.84. The van der Waals surface area contributed by atoms with E-state index in [0.717, 1.165) is 18.7 Å². The quantitative estimate of drug-likeness (QED) is 0.489. The molecule has 1 amide bonds. The Labute approximate surface area is 225 Å². The first-order valence-electron chi connectivity index (χ1n) is 13.3.